The molecule has 1 aromatic carbocycles. The van der Waals surface area contributed by atoms with E-state index in [0.29, 0.717) is 31.7 Å². The van der Waals surface area contributed by atoms with Gasteiger partial charge in [-0.25, -0.2) is 14.4 Å². The zero-order valence-electron chi connectivity index (χ0n) is 19.1. The Bertz CT molecular complexity index is 1240. The van der Waals surface area contributed by atoms with Gasteiger partial charge in [0.1, 0.15) is 17.9 Å². The fraction of sp³-hybridized carbons (Fsp3) is 0.440. The number of fused-ring (bicyclic) bond motifs is 3. The van der Waals surface area contributed by atoms with E-state index in [0.717, 1.165) is 42.7 Å². The van der Waals surface area contributed by atoms with E-state index < -0.39 is 5.91 Å². The minimum absolute atomic E-state index is 0.0372. The Morgan fingerprint density at radius 3 is 2.91 bits per heavy atom. The molecule has 2 aliphatic rings. The maximum absolute atomic E-state index is 13.7. The Morgan fingerprint density at radius 2 is 2.00 bits per heavy atom. The molecule has 0 atom stereocenters. The molecule has 3 aromatic rings. The number of allylic oxidation sites excluding steroid dienone is 1. The van der Waals surface area contributed by atoms with Crippen LogP contribution < -0.4 is 10.6 Å². The number of oxazole rings is 1. The summed E-state index contributed by atoms with van der Waals surface area (Å²) < 4.78 is 19.1. The van der Waals surface area contributed by atoms with Crippen LogP contribution in [0.4, 0.5) is 4.39 Å². The molecule has 0 saturated carbocycles. The van der Waals surface area contributed by atoms with E-state index >= 15 is 0 Å². The van der Waals surface area contributed by atoms with E-state index in [4.69, 9.17) is 9.40 Å². The number of aryl methyl sites for hydroxylation is 2. The van der Waals surface area contributed by atoms with Gasteiger partial charge >= 0.3 is 0 Å². The molecule has 0 bridgehead atoms. The second-order valence-electron chi connectivity index (χ2n) is 8.75. The number of nitrogens with zero attached hydrogens (tertiary/aromatic N) is 3. The molecule has 3 heterocycles. The van der Waals surface area contributed by atoms with Gasteiger partial charge in [0, 0.05) is 38.6 Å². The van der Waals surface area contributed by atoms with Gasteiger partial charge in [-0.1, -0.05) is 6.07 Å². The lowest BCUT2D eigenvalue weighted by atomic mass is 9.91. The molecule has 0 unspecified atom stereocenters. The highest BCUT2D eigenvalue weighted by atomic mass is 19.1. The predicted octanol–water partition coefficient (Wildman–Crippen LogP) is 3.58. The van der Waals surface area contributed by atoms with Crippen molar-refractivity contribution in [1.82, 2.24) is 25.6 Å². The van der Waals surface area contributed by atoms with E-state index in [2.05, 4.69) is 37.7 Å². The number of hydrogen-bond acceptors (Lipinski definition) is 6. The van der Waals surface area contributed by atoms with Gasteiger partial charge in [0.25, 0.3) is 5.91 Å². The number of aliphatic imine (C=N–C) groups is 1. The minimum Gasteiger partial charge on any atom is -0.448 e. The summed E-state index contributed by atoms with van der Waals surface area (Å²) in [6.07, 6.45) is 10.1. The van der Waals surface area contributed by atoms with Crippen LogP contribution in [0.3, 0.4) is 0 Å². The van der Waals surface area contributed by atoms with Crippen LogP contribution in [0, 0.1) is 0 Å². The van der Waals surface area contributed by atoms with Gasteiger partial charge in [0.15, 0.2) is 11.6 Å². The molecule has 178 valence electrons. The predicted molar refractivity (Wildman–Crippen MR) is 128 cm³/mol. The van der Waals surface area contributed by atoms with Crippen LogP contribution in [-0.2, 0) is 25.7 Å². The summed E-state index contributed by atoms with van der Waals surface area (Å²) in [5, 5.41) is 6.01. The topological polar surface area (TPSA) is 108 Å². The van der Waals surface area contributed by atoms with Gasteiger partial charge in [-0.2, -0.15) is 0 Å². The van der Waals surface area contributed by atoms with Crippen LogP contribution in [0.2, 0.25) is 0 Å². The lowest BCUT2D eigenvalue weighted by Gasteiger charge is -2.15. The Morgan fingerprint density at radius 1 is 1.12 bits per heavy atom. The third kappa shape index (κ3) is 5.09. The second kappa shape index (κ2) is 10.3. The van der Waals surface area contributed by atoms with Crippen molar-refractivity contribution in [3.05, 3.63) is 58.5 Å². The van der Waals surface area contributed by atoms with Crippen molar-refractivity contribution in [2.75, 3.05) is 19.6 Å². The fourth-order valence-corrected chi connectivity index (χ4v) is 4.51. The molecule has 0 saturated heterocycles. The highest BCUT2D eigenvalue weighted by molar-refractivity contribution is 5.92. The maximum Gasteiger partial charge on any atom is 0.273 e. The number of aromatic nitrogens is 3. The highest BCUT2D eigenvalue weighted by Gasteiger charge is 2.16. The first kappa shape index (κ1) is 22.5. The number of carbonyl (C=O) groups excluding carboxylic acids is 1. The molecule has 0 radical (unpaired) electrons. The zero-order valence-corrected chi connectivity index (χ0v) is 19.1. The quantitative estimate of drug-likeness (QED) is 0.420. The lowest BCUT2D eigenvalue weighted by Crippen LogP contribution is -2.26. The first-order valence-corrected chi connectivity index (χ1v) is 12.0. The summed E-state index contributed by atoms with van der Waals surface area (Å²) in [5.74, 6) is 0.785. The van der Waals surface area contributed by atoms with Crippen LogP contribution in [0.15, 0.2) is 39.3 Å². The number of amides is 1. The van der Waals surface area contributed by atoms with E-state index in [9.17, 15) is 9.18 Å². The van der Waals surface area contributed by atoms with Crippen molar-refractivity contribution < 1.29 is 13.6 Å². The molecule has 0 fully saturated rings. The van der Waals surface area contributed by atoms with Crippen molar-refractivity contribution in [3.8, 4) is 0 Å². The van der Waals surface area contributed by atoms with Crippen molar-refractivity contribution in [1.29, 1.82) is 0 Å². The summed E-state index contributed by atoms with van der Waals surface area (Å²) in [5.41, 5.74) is 5.55. The molecular weight excluding hydrogens is 435 g/mol. The molecule has 9 heteroatoms. The van der Waals surface area contributed by atoms with Crippen LogP contribution in [-0.4, -0.2) is 46.7 Å². The van der Waals surface area contributed by atoms with Crippen LogP contribution in [0.5, 0.6) is 0 Å². The minimum atomic E-state index is -0.406. The number of benzene rings is 1. The maximum atomic E-state index is 13.7. The van der Waals surface area contributed by atoms with E-state index in [1.807, 2.05) is 0 Å². The molecule has 3 N–H and O–H groups in total. The normalized spacial score (nSPS) is 15.7. The summed E-state index contributed by atoms with van der Waals surface area (Å²) in [7, 11) is 0. The second-order valence-corrected chi connectivity index (χ2v) is 8.75. The molecule has 34 heavy (non-hydrogen) atoms. The summed E-state index contributed by atoms with van der Waals surface area (Å²) in [6, 6.07) is 4.39. The number of carbonyl (C=O) groups is 1. The van der Waals surface area contributed by atoms with E-state index in [1.54, 1.807) is 6.21 Å². The largest absolute Gasteiger partial charge is 0.448 e. The SMILES string of the molecule is O=C(NCC1=C(F)CCC=N1)c1coc(CCNCCc2nc3c4c(ccc3[nH]2)CCCC4)n1. The average Bonchev–Trinajstić information content (AvgIpc) is 3.50. The smallest absolute Gasteiger partial charge is 0.273 e. The molecule has 2 aromatic heterocycles. The molecule has 5 rings (SSSR count). The molecule has 1 aliphatic carbocycles. The first-order chi connectivity index (χ1) is 16.7. The highest BCUT2D eigenvalue weighted by Crippen LogP contribution is 2.27. The number of imidazole rings is 1. The van der Waals surface area contributed by atoms with Crippen molar-refractivity contribution in [2.24, 2.45) is 4.99 Å². The number of aromatic amines is 1. The zero-order chi connectivity index (χ0) is 23.3. The Labute approximate surface area is 197 Å². The van der Waals surface area contributed by atoms with Gasteiger partial charge in [-0.3, -0.25) is 9.79 Å². The molecule has 1 aliphatic heterocycles. The molecule has 1 amide bonds. The number of H-pyrrole nitrogens is 1. The molecule has 8 nitrogen and oxygen atoms in total. The van der Waals surface area contributed by atoms with Gasteiger partial charge in [0.2, 0.25) is 0 Å². The van der Waals surface area contributed by atoms with E-state index in [1.165, 1.54) is 30.2 Å². The monoisotopic (exact) mass is 464 g/mol. The third-order valence-electron chi connectivity index (χ3n) is 6.34. The standard InChI is InChI=1S/C25H29FN6O2/c26-18-6-3-11-28-20(18)14-29-25(33)21-15-34-23(31-21)10-13-27-12-9-22-30-19-8-7-16-4-1-2-5-17(16)24(19)32-22/h7-8,11,15,27H,1-6,9-10,12-14H2,(H,29,33)(H,30,32). The Balaban J connectivity index is 1.06. The number of nitrogens with one attached hydrogen (secondary N) is 3. The summed E-state index contributed by atoms with van der Waals surface area (Å²) >= 11 is 0. The van der Waals surface area contributed by atoms with Crippen molar-refractivity contribution in [2.45, 2.75) is 51.4 Å². The van der Waals surface area contributed by atoms with E-state index in [-0.39, 0.29) is 23.8 Å². The Kier molecular flexibility index (Phi) is 6.80. The summed E-state index contributed by atoms with van der Waals surface area (Å²) in [6.45, 7) is 1.48. The average molecular weight is 465 g/mol. The van der Waals surface area contributed by atoms with Gasteiger partial charge in [-0.05, 0) is 49.3 Å². The van der Waals surface area contributed by atoms with Crippen LogP contribution in [0.1, 0.15) is 59.0 Å². The summed E-state index contributed by atoms with van der Waals surface area (Å²) in [4.78, 5) is 28.8. The van der Waals surface area contributed by atoms with Crippen molar-refractivity contribution >= 4 is 23.2 Å². The number of halogens is 1. The van der Waals surface area contributed by atoms with Crippen LogP contribution >= 0.6 is 0 Å². The lowest BCUT2D eigenvalue weighted by molar-refractivity contribution is 0.0951. The number of rotatable bonds is 9. The van der Waals surface area contributed by atoms with Crippen molar-refractivity contribution in [3.63, 3.8) is 0 Å². The van der Waals surface area contributed by atoms with Gasteiger partial charge in [-0.15, -0.1) is 0 Å². The fourth-order valence-electron chi connectivity index (χ4n) is 4.51. The molecular formula is C25H29FN6O2. The molecule has 0 spiro atoms. The third-order valence-corrected chi connectivity index (χ3v) is 6.34. The number of hydrogen-bond donors (Lipinski definition) is 3. The first-order valence-electron chi connectivity index (χ1n) is 12.0. The Hall–Kier alpha value is -3.33. The van der Waals surface area contributed by atoms with Gasteiger partial charge in [0.05, 0.1) is 23.3 Å². The van der Waals surface area contributed by atoms with Gasteiger partial charge < -0.3 is 20.0 Å². The van der Waals surface area contributed by atoms with Crippen LogP contribution in [0.25, 0.3) is 11.0 Å².